The van der Waals surface area contributed by atoms with Crippen LogP contribution in [0.25, 0.3) is 16.9 Å². The first-order chi connectivity index (χ1) is 27.2. The minimum atomic E-state index is -4.73. The third-order valence-corrected chi connectivity index (χ3v) is 9.22. The van der Waals surface area contributed by atoms with Crippen molar-refractivity contribution in [2.24, 2.45) is 0 Å². The van der Waals surface area contributed by atoms with Gasteiger partial charge >= 0.3 is 18.2 Å². The molecule has 7 aromatic rings. The molecule has 0 spiro atoms. The van der Waals surface area contributed by atoms with Crippen LogP contribution in [0, 0.1) is 12.7 Å². The molecule has 0 aliphatic rings. The number of anilines is 4. The molecule has 7 heterocycles. The quantitative estimate of drug-likeness (QED) is 0.0832. The highest BCUT2D eigenvalue weighted by molar-refractivity contribution is 6.32. The van der Waals surface area contributed by atoms with Gasteiger partial charge in [-0.2, -0.15) is 28.5 Å². The Morgan fingerprint density at radius 1 is 0.912 bits per heavy atom. The van der Waals surface area contributed by atoms with Crippen LogP contribution in [0.1, 0.15) is 48.3 Å². The molecule has 7 aromatic heterocycles. The third kappa shape index (κ3) is 8.03. The largest absolute Gasteiger partial charge is 0.433 e. The van der Waals surface area contributed by atoms with Gasteiger partial charge in [0.05, 0.1) is 59.0 Å². The van der Waals surface area contributed by atoms with E-state index in [1.54, 1.807) is 26.8 Å². The summed E-state index contributed by atoms with van der Waals surface area (Å²) in [6.07, 6.45) is 6.24. The topological polar surface area (TPSA) is 174 Å². The molecule has 0 saturated carbocycles. The lowest BCUT2D eigenvalue weighted by Crippen LogP contribution is -2.44. The number of ether oxygens (including phenoxy) is 1. The van der Waals surface area contributed by atoms with Gasteiger partial charge in [0.25, 0.3) is 0 Å². The Hall–Kier alpha value is -6.67. The van der Waals surface area contributed by atoms with Crippen molar-refractivity contribution in [3.8, 4) is 5.82 Å². The number of rotatable bonds is 10. The molecule has 0 fully saturated rings. The smallest absolute Gasteiger partial charge is 0.377 e. The highest BCUT2D eigenvalue weighted by atomic mass is 35.5. The van der Waals surface area contributed by atoms with E-state index in [0.29, 0.717) is 28.5 Å². The van der Waals surface area contributed by atoms with E-state index in [4.69, 9.17) is 16.3 Å². The lowest BCUT2D eigenvalue weighted by Gasteiger charge is -2.20. The first-order valence-electron chi connectivity index (χ1n) is 17.2. The molecule has 294 valence electrons. The van der Waals surface area contributed by atoms with E-state index < -0.39 is 41.8 Å². The number of urea groups is 2. The van der Waals surface area contributed by atoms with Gasteiger partial charge in [-0.05, 0) is 49.7 Å². The van der Waals surface area contributed by atoms with Crippen LogP contribution < -0.4 is 25.9 Å². The van der Waals surface area contributed by atoms with Crippen LogP contribution >= 0.6 is 11.6 Å². The molecule has 21 heteroatoms. The van der Waals surface area contributed by atoms with Gasteiger partial charge in [-0.3, -0.25) is 4.98 Å². The van der Waals surface area contributed by atoms with Crippen molar-refractivity contribution in [2.45, 2.75) is 45.5 Å². The van der Waals surface area contributed by atoms with E-state index in [1.807, 2.05) is 26.1 Å². The summed E-state index contributed by atoms with van der Waals surface area (Å²) >= 11 is 6.40. The van der Waals surface area contributed by atoms with Crippen molar-refractivity contribution in [1.29, 1.82) is 0 Å². The van der Waals surface area contributed by atoms with E-state index in [0.717, 1.165) is 11.8 Å². The number of alkyl halides is 3. The van der Waals surface area contributed by atoms with Gasteiger partial charge in [-0.1, -0.05) is 18.5 Å². The zero-order valence-electron chi connectivity index (χ0n) is 30.5. The van der Waals surface area contributed by atoms with Crippen molar-refractivity contribution in [3.05, 3.63) is 113 Å². The van der Waals surface area contributed by atoms with Crippen molar-refractivity contribution >= 4 is 57.4 Å². The molecule has 0 aliphatic carbocycles. The molecular weight excluding hydrogens is 774 g/mol. The van der Waals surface area contributed by atoms with Gasteiger partial charge in [-0.25, -0.2) is 23.5 Å². The second kappa shape index (κ2) is 15.5. The minimum Gasteiger partial charge on any atom is -0.377 e. The van der Waals surface area contributed by atoms with Gasteiger partial charge in [0.2, 0.25) is 6.20 Å². The van der Waals surface area contributed by atoms with Crippen molar-refractivity contribution in [2.75, 3.05) is 28.4 Å². The zero-order chi connectivity index (χ0) is 40.6. The molecule has 7 rings (SSSR count). The molecule has 0 aliphatic heterocycles. The molecule has 0 aromatic carbocycles. The summed E-state index contributed by atoms with van der Waals surface area (Å²) in [5.74, 6) is -0.756. The monoisotopic (exact) mass is 806 g/mol. The molecule has 0 radical (unpaired) electrons. The number of aromatic nitrogens is 9. The highest BCUT2D eigenvalue weighted by Gasteiger charge is 2.33. The first-order valence-corrected chi connectivity index (χ1v) is 17.5. The Morgan fingerprint density at radius 2 is 1.63 bits per heavy atom. The molecular formula is C36H33ClF4N13O3+. The second-order valence-corrected chi connectivity index (χ2v) is 13.4. The number of halogens is 5. The SMILES string of the molecule is CO[C@@H](C)c1c(NC(=O)Nc2ccnc(C(F)(F)F)c2)c[n+](CC(C)c2c(NC(=O)Nc3cnc(-n4nccn4)c(Cl)c3)cnn3cc(C)cc23)n2ccc(F)c12. The number of carbonyl (C=O) groups is 2. The maximum Gasteiger partial charge on any atom is 0.433 e. The van der Waals surface area contributed by atoms with E-state index >= 15 is 4.39 Å². The predicted molar refractivity (Wildman–Crippen MR) is 200 cm³/mol. The van der Waals surface area contributed by atoms with Crippen LogP contribution in [0.5, 0.6) is 0 Å². The predicted octanol–water partition coefficient (Wildman–Crippen LogP) is 7.16. The summed E-state index contributed by atoms with van der Waals surface area (Å²) in [6, 6.07) is 5.07. The number of carbonyl (C=O) groups excluding carboxylic acids is 2. The second-order valence-electron chi connectivity index (χ2n) is 13.0. The van der Waals surface area contributed by atoms with Crippen molar-refractivity contribution in [3.63, 3.8) is 0 Å². The van der Waals surface area contributed by atoms with Crippen LogP contribution in [-0.2, 0) is 17.5 Å². The van der Waals surface area contributed by atoms with Crippen LogP contribution in [0.4, 0.5) is 49.9 Å². The van der Waals surface area contributed by atoms with Crippen LogP contribution in [0.3, 0.4) is 0 Å². The number of amides is 4. The van der Waals surface area contributed by atoms with Gasteiger partial charge < -0.3 is 26.0 Å². The number of hydrogen-bond acceptors (Lipinski definition) is 8. The van der Waals surface area contributed by atoms with Crippen molar-refractivity contribution in [1.82, 2.24) is 39.1 Å². The number of methoxy groups -OCH3 is 1. The lowest BCUT2D eigenvalue weighted by atomic mass is 9.99. The van der Waals surface area contributed by atoms with Crippen LogP contribution in [0.2, 0.25) is 5.02 Å². The van der Waals surface area contributed by atoms with Gasteiger partial charge in [0, 0.05) is 42.2 Å². The molecule has 16 nitrogen and oxygen atoms in total. The molecule has 4 N–H and O–H groups in total. The number of pyridine rings is 2. The van der Waals surface area contributed by atoms with E-state index in [-0.39, 0.29) is 39.8 Å². The summed E-state index contributed by atoms with van der Waals surface area (Å²) < 4.78 is 66.0. The zero-order valence-corrected chi connectivity index (χ0v) is 31.3. The summed E-state index contributed by atoms with van der Waals surface area (Å²) in [7, 11) is 1.42. The summed E-state index contributed by atoms with van der Waals surface area (Å²) in [4.78, 5) is 35.5. The fourth-order valence-corrected chi connectivity index (χ4v) is 6.68. The number of hydrogen-bond donors (Lipinski definition) is 4. The molecule has 57 heavy (non-hydrogen) atoms. The molecule has 1 unspecified atom stereocenters. The van der Waals surface area contributed by atoms with Gasteiger partial charge in [0.1, 0.15) is 16.9 Å². The van der Waals surface area contributed by atoms with Crippen LogP contribution in [0.15, 0.2) is 79.9 Å². The fourth-order valence-electron chi connectivity index (χ4n) is 6.44. The summed E-state index contributed by atoms with van der Waals surface area (Å²) in [5, 5.41) is 23.4. The Morgan fingerprint density at radius 3 is 2.33 bits per heavy atom. The Labute approximate surface area is 325 Å². The molecule has 0 bridgehead atoms. The highest BCUT2D eigenvalue weighted by Crippen LogP contribution is 2.34. The average Bonchev–Trinajstić information content (AvgIpc) is 3.91. The average molecular weight is 807 g/mol. The van der Waals surface area contributed by atoms with E-state index in [9.17, 15) is 22.8 Å². The standard InChI is InChI=1S/C36H32ClF4N13O3/c1-19-11-28-30(26(15-46-52(28)16-19)49-35(56)48-23-12-24(37)33(43-14-23)54-44-8-9-45-54)20(2)17-51-18-27(31(21(3)57-4)32-25(38)6-10-53(32)51)50-34(55)47-22-5-7-42-29(13-22)36(39,40)41/h5-16,18,20-21H,17H2,1-4H3,(H3-,42,47,48,49,50,55,56)/p+1/t20?,21-/m0/s1. The number of nitrogens with zero attached hydrogens (tertiary/aromatic N) is 9. The number of fused-ring (bicyclic) bond motifs is 2. The Balaban J connectivity index is 1.21. The van der Waals surface area contributed by atoms with E-state index in [2.05, 4.69) is 46.5 Å². The molecule has 0 saturated heterocycles. The Bertz CT molecular complexity index is 2630. The van der Waals surface area contributed by atoms with E-state index in [1.165, 1.54) is 61.1 Å². The lowest BCUT2D eigenvalue weighted by molar-refractivity contribution is -0.764. The number of nitrogens with one attached hydrogen (secondary N) is 4. The summed E-state index contributed by atoms with van der Waals surface area (Å²) in [5.41, 5.74) is 2.08. The van der Waals surface area contributed by atoms with Crippen LogP contribution in [-0.4, -0.2) is 58.3 Å². The van der Waals surface area contributed by atoms with Gasteiger partial charge in [-0.15, -0.1) is 14.0 Å². The normalized spacial score (nSPS) is 12.8. The Kier molecular flexibility index (Phi) is 10.5. The summed E-state index contributed by atoms with van der Waals surface area (Å²) in [6.45, 7) is 5.62. The maximum atomic E-state index is 15.7. The molecule has 4 amide bonds. The number of aryl methyl sites for hydroxylation is 1. The fraction of sp³-hybridized carbons (Fsp3) is 0.222. The first kappa shape index (κ1) is 38.6. The van der Waals surface area contributed by atoms with Gasteiger partial charge in [0.15, 0.2) is 18.2 Å². The minimum absolute atomic E-state index is 0.0929. The van der Waals surface area contributed by atoms with Crippen molar-refractivity contribution < 1.29 is 36.6 Å². The third-order valence-electron chi connectivity index (χ3n) is 8.94. The molecule has 2 atom stereocenters. The maximum absolute atomic E-state index is 15.7.